The van der Waals surface area contributed by atoms with E-state index in [1.165, 1.54) is 72.8 Å². The van der Waals surface area contributed by atoms with Crippen molar-refractivity contribution in [1.82, 2.24) is 0 Å². The van der Waals surface area contributed by atoms with E-state index in [1.54, 1.807) is 0 Å². The number of hydrogen-bond donors (Lipinski definition) is 4. The molecule has 4 N–H and O–H groups in total. The summed E-state index contributed by atoms with van der Waals surface area (Å²) in [6.45, 7) is 0. The predicted molar refractivity (Wildman–Crippen MR) is 201 cm³/mol. The number of fused-ring (bicyclic) bond motifs is 2. The average molecular weight is 959 g/mol. The van der Waals surface area contributed by atoms with Gasteiger partial charge in [-0.2, -0.15) is 0 Å². The normalized spacial score (nSPS) is 11.4. The molecule has 19 nitrogen and oxygen atoms in total. The number of carbonyl (C=O) groups excluding carboxylic acids is 3. The van der Waals surface area contributed by atoms with Gasteiger partial charge in [0.15, 0.2) is 0 Å². The molecule has 0 saturated carbocycles. The maximum Gasteiger partial charge on any atom is 1.00 e. The Morgan fingerprint density at radius 1 is 0.387 bits per heavy atom. The summed E-state index contributed by atoms with van der Waals surface area (Å²) >= 11 is 0. The Labute approximate surface area is 442 Å². The number of rotatable bonds is 10. The number of benzene rings is 6. The van der Waals surface area contributed by atoms with Crippen molar-refractivity contribution in [2.75, 3.05) is 21.3 Å². The third kappa shape index (κ3) is 13.9. The summed E-state index contributed by atoms with van der Waals surface area (Å²) in [5.41, 5.74) is 0.246. The summed E-state index contributed by atoms with van der Waals surface area (Å²) in [5, 5.41) is 9.35. The van der Waals surface area contributed by atoms with E-state index in [9.17, 15) is 66.3 Å². The first-order valence-electron chi connectivity index (χ1n) is 15.9. The van der Waals surface area contributed by atoms with E-state index in [4.69, 9.17) is 0 Å². The van der Waals surface area contributed by atoms with E-state index in [2.05, 4.69) is 21.3 Å². The molecule has 6 aromatic rings. The summed E-state index contributed by atoms with van der Waals surface area (Å²) in [7, 11) is -20.8. The molecule has 0 radical (unpaired) electrons. The molecule has 0 aliphatic rings. The first-order valence-corrected chi connectivity index (χ1v) is 21.5. The van der Waals surface area contributed by atoms with Crippen molar-refractivity contribution < 1.29 is 184 Å². The van der Waals surface area contributed by atoms with E-state index in [0.717, 1.165) is 24.3 Å². The van der Waals surface area contributed by atoms with Crippen LogP contribution in [-0.2, 0) is 40.5 Å². The van der Waals surface area contributed by atoms with Gasteiger partial charge in [0.05, 0.1) is 19.6 Å². The molecule has 0 atom stereocenters. The first kappa shape index (κ1) is 55.8. The molecule has 0 heterocycles. The maximum atomic E-state index is 13.1. The van der Waals surface area contributed by atoms with E-state index < -0.39 is 77.9 Å². The fraction of sp³-hybridized carbons (Fsp3) is 0. The molecule has 0 aliphatic heterocycles. The Kier molecular flexibility index (Phi) is 19.6. The van der Waals surface area contributed by atoms with Gasteiger partial charge in [0.2, 0.25) is 0 Å². The molecule has 0 bridgehead atoms. The molecule has 0 aromatic heterocycles. The van der Waals surface area contributed by atoms with Crippen LogP contribution >= 0.6 is 0 Å². The fourth-order valence-corrected chi connectivity index (χ4v) is 8.28. The fourth-order valence-electron chi connectivity index (χ4n) is 5.63. The van der Waals surface area contributed by atoms with Crippen molar-refractivity contribution in [3.05, 3.63) is 120 Å². The van der Waals surface area contributed by atoms with E-state index in [-0.39, 0.29) is 174 Å². The van der Waals surface area contributed by atoms with Gasteiger partial charge in [0.1, 0.15) is 40.5 Å². The van der Waals surface area contributed by atoms with Crippen LogP contribution in [0.4, 0.5) is 27.5 Å². The van der Waals surface area contributed by atoms with Gasteiger partial charge >= 0.3 is 124 Å². The van der Waals surface area contributed by atoms with Crippen LogP contribution in [0.1, 0.15) is 20.7 Å². The van der Waals surface area contributed by atoms with Crippen molar-refractivity contribution in [2.24, 2.45) is 0 Å². The molecule has 6 rings (SSSR count). The monoisotopic (exact) mass is 958 g/mol. The predicted octanol–water partition coefficient (Wildman–Crippen LogP) is -8.23. The van der Waals surface area contributed by atoms with Crippen LogP contribution in [0, 0.1) is 0 Å². The molecule has 0 unspecified atom stereocenters. The average Bonchev–Trinajstić information content (AvgIpc) is 3.12. The van der Waals surface area contributed by atoms with Crippen LogP contribution in [0.15, 0.2) is 129 Å². The van der Waals surface area contributed by atoms with Gasteiger partial charge < -0.3 is 39.5 Å². The van der Waals surface area contributed by atoms with Crippen LogP contribution in [0.25, 0.3) is 21.5 Å². The number of amides is 4. The van der Waals surface area contributed by atoms with E-state index in [1.807, 2.05) is 0 Å². The molecule has 0 spiro atoms. The zero-order valence-electron chi connectivity index (χ0n) is 32.6. The molecule has 0 saturated heterocycles. The second-order valence-corrected chi connectivity index (χ2v) is 17.6. The van der Waals surface area contributed by atoms with Crippen LogP contribution in [0.3, 0.4) is 0 Å². The molecule has 0 fully saturated rings. The van der Waals surface area contributed by atoms with Gasteiger partial charge in [0.25, 0.3) is 11.8 Å². The Hall–Kier alpha value is -2.31. The Bertz CT molecular complexity index is 3000. The second-order valence-electron chi connectivity index (χ2n) is 12.2. The molecule has 27 heteroatoms. The first-order chi connectivity index (χ1) is 27.0. The van der Waals surface area contributed by atoms with Crippen LogP contribution < -0.4 is 139 Å². The summed E-state index contributed by atoms with van der Waals surface area (Å²) in [6, 6.07) is 20.0. The second kappa shape index (κ2) is 21.8. The third-order valence-corrected chi connectivity index (χ3v) is 11.6. The molecule has 4 amide bonds. The number of hydrogen-bond acceptors (Lipinski definition) is 15. The smallest absolute Gasteiger partial charge is 0.744 e. The Morgan fingerprint density at radius 2 is 0.726 bits per heavy atom. The van der Waals surface area contributed by atoms with Gasteiger partial charge in [0, 0.05) is 44.6 Å². The minimum Gasteiger partial charge on any atom is -0.744 e. The van der Waals surface area contributed by atoms with Crippen LogP contribution in [0.5, 0.6) is 0 Å². The van der Waals surface area contributed by atoms with Crippen molar-refractivity contribution in [2.45, 2.75) is 19.6 Å². The number of carbonyl (C=O) groups is 3. The zero-order valence-corrected chi connectivity index (χ0v) is 43.9. The molecule has 0 aliphatic carbocycles. The largest absolute Gasteiger partial charge is 1.00 e. The summed E-state index contributed by atoms with van der Waals surface area (Å²) < 4.78 is 140. The van der Waals surface area contributed by atoms with Gasteiger partial charge in [-0.25, -0.2) is 38.5 Å². The Balaban J connectivity index is 0.00000331. The van der Waals surface area contributed by atoms with Crippen LogP contribution in [0.2, 0.25) is 0 Å². The van der Waals surface area contributed by atoms with Crippen molar-refractivity contribution >= 4 is 103 Å². The zero-order chi connectivity index (χ0) is 42.4. The number of nitrogens with one attached hydrogen (secondary N) is 4. The molecule has 6 aromatic carbocycles. The van der Waals surface area contributed by atoms with Gasteiger partial charge in [-0.1, -0.05) is 24.3 Å². The summed E-state index contributed by atoms with van der Waals surface area (Å²) in [6.07, 6.45) is 0. The minimum absolute atomic E-state index is 0. The SMILES string of the molecule is O=C(Nc1cccc(C(=O)Nc2ccc3cc(S(=O)(=O)[O-])cc(S(=O)(=O)[O-])c3c2)c1)Nc1cccc(C(=O)Nc2ccc3cc(S(=O)(=O)[O-])cc(S(=O)(=O)[O-])c3c2)c1.[Na+].[Na+].[Na+].[Na+]. The van der Waals surface area contributed by atoms with E-state index in [0.29, 0.717) is 12.1 Å². The Morgan fingerprint density at radius 3 is 1.05 bits per heavy atom. The number of urea groups is 1. The quantitative estimate of drug-likeness (QED) is 0.0732. The molecular weight excluding hydrogens is 937 g/mol. The minimum atomic E-state index is -5.27. The van der Waals surface area contributed by atoms with Gasteiger partial charge in [-0.05, 0) is 95.7 Å². The van der Waals surface area contributed by atoms with Gasteiger partial charge in [-0.15, -0.1) is 0 Å². The molecule has 300 valence electrons. The van der Waals surface area contributed by atoms with Crippen molar-refractivity contribution in [3.8, 4) is 0 Å². The van der Waals surface area contributed by atoms with Crippen LogP contribution in [-0.4, -0.2) is 69.7 Å². The standard InChI is InChI=1S/C35H26N4O15S4.4Na/c40-33(36-25-9-7-19-13-27(55(43,44)45)17-31(29(19)15-25)57(49,50)51)21-3-1-5-23(11-21)38-35(42)39-24-6-2-4-22(12-24)34(41)37-26-10-8-20-14-28(56(46,47)48)18-32(30(20)16-26)58(52,53)54;;;;/h1-18H,(H,36,40)(H,37,41)(H2,38,39,42)(H,43,44,45)(H,46,47,48)(H,49,50,51)(H,52,53,54);;;;/q;4*+1/p-4. The summed E-state index contributed by atoms with van der Waals surface area (Å²) in [4.78, 5) is 35.2. The third-order valence-electron chi connectivity index (χ3n) is 8.18. The number of anilines is 4. The topological polar surface area (TPSA) is 328 Å². The van der Waals surface area contributed by atoms with Crippen molar-refractivity contribution in [3.63, 3.8) is 0 Å². The molecular formula is C35H22N4Na4O15S4. The molecule has 62 heavy (non-hydrogen) atoms. The summed E-state index contributed by atoms with van der Waals surface area (Å²) in [5.74, 6) is -1.49. The van der Waals surface area contributed by atoms with Gasteiger partial charge in [-0.3, -0.25) is 9.59 Å². The van der Waals surface area contributed by atoms with E-state index >= 15 is 0 Å². The van der Waals surface area contributed by atoms with Crippen molar-refractivity contribution in [1.29, 1.82) is 0 Å². The maximum absolute atomic E-state index is 13.1.